The fourth-order valence-corrected chi connectivity index (χ4v) is 4.11. The predicted molar refractivity (Wildman–Crippen MR) is 101 cm³/mol. The maximum atomic E-state index is 2.72. The van der Waals surface area contributed by atoms with Crippen molar-refractivity contribution in [2.24, 2.45) is 11.8 Å². The molecule has 3 heteroatoms. The minimum absolute atomic E-state index is 0.719. The van der Waals surface area contributed by atoms with Gasteiger partial charge in [-0.15, -0.1) is 0 Å². The van der Waals surface area contributed by atoms with Gasteiger partial charge in [0.25, 0.3) is 0 Å². The number of rotatable bonds is 8. The summed E-state index contributed by atoms with van der Waals surface area (Å²) >= 11 is 0. The summed E-state index contributed by atoms with van der Waals surface area (Å²) in [7, 11) is 0. The average molecular weight is 324 g/mol. The van der Waals surface area contributed by atoms with Crippen molar-refractivity contribution in [3.05, 3.63) is 0 Å². The van der Waals surface area contributed by atoms with Crippen LogP contribution in [0.4, 0.5) is 0 Å². The van der Waals surface area contributed by atoms with Crippen LogP contribution in [-0.4, -0.2) is 73.1 Å². The van der Waals surface area contributed by atoms with E-state index < -0.39 is 0 Å². The highest BCUT2D eigenvalue weighted by Gasteiger charge is 2.24. The maximum absolute atomic E-state index is 2.72. The third kappa shape index (κ3) is 7.11. The minimum Gasteiger partial charge on any atom is -0.303 e. The van der Waals surface area contributed by atoms with Gasteiger partial charge in [-0.1, -0.05) is 26.7 Å². The molecule has 0 aliphatic carbocycles. The van der Waals surface area contributed by atoms with Gasteiger partial charge in [0.05, 0.1) is 0 Å². The lowest BCUT2D eigenvalue weighted by molar-refractivity contribution is 0.0807. The Hall–Kier alpha value is -0.120. The molecule has 23 heavy (non-hydrogen) atoms. The fraction of sp³-hybridized carbons (Fsp3) is 1.00. The number of piperidine rings is 1. The van der Waals surface area contributed by atoms with Crippen LogP contribution in [-0.2, 0) is 0 Å². The summed E-state index contributed by atoms with van der Waals surface area (Å²) in [5, 5.41) is 0. The molecule has 0 N–H and O–H groups in total. The van der Waals surface area contributed by atoms with Gasteiger partial charge in [0.1, 0.15) is 0 Å². The molecule has 2 fully saturated rings. The predicted octanol–water partition coefficient (Wildman–Crippen LogP) is 3.55. The molecule has 0 aromatic rings. The minimum atomic E-state index is 0.719. The molecule has 2 aliphatic rings. The van der Waals surface area contributed by atoms with E-state index in [0.29, 0.717) is 0 Å². The highest BCUT2D eigenvalue weighted by molar-refractivity contribution is 4.79. The molecule has 0 unspecified atom stereocenters. The summed E-state index contributed by atoms with van der Waals surface area (Å²) in [5.41, 5.74) is 0. The molecule has 0 aromatic heterocycles. The van der Waals surface area contributed by atoms with Crippen LogP contribution >= 0.6 is 0 Å². The Labute approximate surface area is 145 Å². The molecule has 0 amide bonds. The molecule has 0 saturated carbocycles. The summed E-state index contributed by atoms with van der Waals surface area (Å²) in [6.07, 6.45) is 7.07. The molecule has 2 rings (SSSR count). The maximum Gasteiger partial charge on any atom is 0.0113 e. The molecule has 0 atom stereocenters. The third-order valence-electron chi connectivity index (χ3n) is 5.87. The van der Waals surface area contributed by atoms with Crippen LogP contribution in [0.5, 0.6) is 0 Å². The van der Waals surface area contributed by atoms with E-state index >= 15 is 0 Å². The topological polar surface area (TPSA) is 9.72 Å². The van der Waals surface area contributed by atoms with Gasteiger partial charge in [0.15, 0.2) is 0 Å². The molecule has 0 aromatic carbocycles. The first-order valence-corrected chi connectivity index (χ1v) is 10.2. The zero-order chi connectivity index (χ0) is 16.7. The van der Waals surface area contributed by atoms with E-state index in [2.05, 4.69) is 42.4 Å². The molecule has 2 saturated heterocycles. The van der Waals surface area contributed by atoms with Crippen LogP contribution in [0.25, 0.3) is 0 Å². The number of hydrogen-bond donors (Lipinski definition) is 0. The molecule has 3 nitrogen and oxygen atoms in total. The summed E-state index contributed by atoms with van der Waals surface area (Å²) in [4.78, 5) is 8.06. The fourth-order valence-electron chi connectivity index (χ4n) is 4.11. The SMILES string of the molecule is CC(C)CCCCN1CCC(CN2CCN(C(C)C)CC2)CC1. The van der Waals surface area contributed by atoms with Gasteiger partial charge in [0, 0.05) is 38.8 Å². The Bertz CT molecular complexity index is 300. The van der Waals surface area contributed by atoms with Gasteiger partial charge in [-0.2, -0.15) is 0 Å². The van der Waals surface area contributed by atoms with Gasteiger partial charge < -0.3 is 9.80 Å². The number of nitrogens with zero attached hydrogens (tertiary/aromatic N) is 3. The van der Waals surface area contributed by atoms with E-state index in [1.807, 2.05) is 0 Å². The average Bonchev–Trinajstić information content (AvgIpc) is 2.53. The monoisotopic (exact) mass is 323 g/mol. The molecule has 2 aliphatic heterocycles. The molecule has 0 spiro atoms. The molecule has 2 heterocycles. The normalized spacial score (nSPS) is 23.2. The second-order valence-electron chi connectivity index (χ2n) is 8.60. The van der Waals surface area contributed by atoms with E-state index in [9.17, 15) is 0 Å². The number of unbranched alkanes of at least 4 members (excludes halogenated alkanes) is 1. The Kier molecular flexibility index (Phi) is 8.35. The first-order chi connectivity index (χ1) is 11.0. The van der Waals surface area contributed by atoms with Crippen LogP contribution in [0.1, 0.15) is 59.8 Å². The quantitative estimate of drug-likeness (QED) is 0.633. The van der Waals surface area contributed by atoms with Crippen molar-refractivity contribution in [3.63, 3.8) is 0 Å². The number of piperazine rings is 1. The Balaban J connectivity index is 1.55. The van der Waals surface area contributed by atoms with Gasteiger partial charge in [0.2, 0.25) is 0 Å². The number of likely N-dealkylation sites (tertiary alicyclic amines) is 1. The van der Waals surface area contributed by atoms with Gasteiger partial charge in [-0.3, -0.25) is 4.90 Å². The number of hydrogen-bond acceptors (Lipinski definition) is 3. The van der Waals surface area contributed by atoms with Crippen LogP contribution < -0.4 is 0 Å². The van der Waals surface area contributed by atoms with Gasteiger partial charge in [-0.05, 0) is 64.6 Å². The van der Waals surface area contributed by atoms with E-state index in [1.165, 1.54) is 84.5 Å². The van der Waals surface area contributed by atoms with Crippen LogP contribution in [0.15, 0.2) is 0 Å². The molecular weight excluding hydrogens is 282 g/mol. The van der Waals surface area contributed by atoms with Crippen molar-refractivity contribution < 1.29 is 0 Å². The van der Waals surface area contributed by atoms with Gasteiger partial charge >= 0.3 is 0 Å². The van der Waals surface area contributed by atoms with Crippen molar-refractivity contribution in [1.82, 2.24) is 14.7 Å². The Morgan fingerprint density at radius 1 is 0.783 bits per heavy atom. The van der Waals surface area contributed by atoms with Crippen molar-refractivity contribution in [1.29, 1.82) is 0 Å². The van der Waals surface area contributed by atoms with E-state index in [1.54, 1.807) is 0 Å². The standard InChI is InChI=1S/C20H41N3/c1-18(2)7-5-6-10-21-11-8-20(9-12-21)17-22-13-15-23(16-14-22)19(3)4/h18-20H,5-17H2,1-4H3. The Morgan fingerprint density at radius 3 is 2.00 bits per heavy atom. The molecule has 0 bridgehead atoms. The van der Waals surface area contributed by atoms with E-state index in [0.717, 1.165) is 17.9 Å². The van der Waals surface area contributed by atoms with Crippen LogP contribution in [0, 0.1) is 11.8 Å². The highest BCUT2D eigenvalue weighted by Crippen LogP contribution is 2.20. The largest absolute Gasteiger partial charge is 0.303 e. The van der Waals surface area contributed by atoms with Crippen LogP contribution in [0.2, 0.25) is 0 Å². The second kappa shape index (κ2) is 10.0. The van der Waals surface area contributed by atoms with Crippen molar-refractivity contribution in [2.45, 2.75) is 65.8 Å². The summed E-state index contributed by atoms with van der Waals surface area (Å²) in [6, 6.07) is 0.719. The van der Waals surface area contributed by atoms with Crippen LogP contribution in [0.3, 0.4) is 0 Å². The zero-order valence-corrected chi connectivity index (χ0v) is 16.3. The summed E-state index contributed by atoms with van der Waals surface area (Å²) < 4.78 is 0. The van der Waals surface area contributed by atoms with E-state index in [-0.39, 0.29) is 0 Å². The van der Waals surface area contributed by atoms with Gasteiger partial charge in [-0.25, -0.2) is 0 Å². The smallest absolute Gasteiger partial charge is 0.0113 e. The second-order valence-corrected chi connectivity index (χ2v) is 8.60. The van der Waals surface area contributed by atoms with Crippen molar-refractivity contribution >= 4 is 0 Å². The molecule has 136 valence electrons. The molecular formula is C20H41N3. The third-order valence-corrected chi connectivity index (χ3v) is 5.87. The summed E-state index contributed by atoms with van der Waals surface area (Å²) in [5.74, 6) is 1.82. The van der Waals surface area contributed by atoms with E-state index in [4.69, 9.17) is 0 Å². The van der Waals surface area contributed by atoms with Crippen molar-refractivity contribution in [3.8, 4) is 0 Å². The lowest BCUT2D eigenvalue weighted by Gasteiger charge is -2.40. The highest BCUT2D eigenvalue weighted by atomic mass is 15.3. The summed E-state index contributed by atoms with van der Waals surface area (Å²) in [6.45, 7) is 19.8. The molecule has 0 radical (unpaired) electrons. The zero-order valence-electron chi connectivity index (χ0n) is 16.3. The first kappa shape index (κ1) is 19.2. The van der Waals surface area contributed by atoms with Crippen molar-refractivity contribution in [2.75, 3.05) is 52.4 Å². The lowest BCUT2D eigenvalue weighted by Crippen LogP contribution is -2.50. The Morgan fingerprint density at radius 2 is 1.43 bits per heavy atom. The first-order valence-electron chi connectivity index (χ1n) is 10.2. The lowest BCUT2D eigenvalue weighted by atomic mass is 9.95.